The van der Waals surface area contributed by atoms with Crippen molar-refractivity contribution in [3.63, 3.8) is 0 Å². The van der Waals surface area contributed by atoms with Crippen molar-refractivity contribution in [1.29, 1.82) is 0 Å². The molecule has 0 radical (unpaired) electrons. The van der Waals surface area contributed by atoms with Gasteiger partial charge in [0.1, 0.15) is 11.4 Å². The topological polar surface area (TPSA) is 64.0 Å². The summed E-state index contributed by atoms with van der Waals surface area (Å²) in [6.07, 6.45) is 4.61. The monoisotopic (exact) mass is 355 g/mol. The van der Waals surface area contributed by atoms with Gasteiger partial charge in [-0.2, -0.15) is 0 Å². The first-order valence-electron chi connectivity index (χ1n) is 8.49. The largest absolute Gasteiger partial charge is 0.355 e. The van der Waals surface area contributed by atoms with Crippen LogP contribution in [-0.4, -0.2) is 22.0 Å². The molecule has 0 saturated carbocycles. The van der Waals surface area contributed by atoms with Crippen molar-refractivity contribution in [2.24, 2.45) is 0 Å². The molecule has 5 nitrogen and oxygen atoms in total. The third-order valence-corrected chi connectivity index (χ3v) is 4.95. The van der Waals surface area contributed by atoms with Crippen LogP contribution in [0.4, 0.5) is 0 Å². The van der Waals surface area contributed by atoms with Crippen molar-refractivity contribution >= 4 is 27.5 Å². The molecule has 1 aromatic carbocycles. The number of nitrogens with one attached hydrogen (secondary N) is 1. The number of aromatic nitrogens is 2. The molecule has 0 aliphatic rings. The summed E-state index contributed by atoms with van der Waals surface area (Å²) in [5, 5.41) is 5.39. The molecule has 0 unspecified atom stereocenters. The summed E-state index contributed by atoms with van der Waals surface area (Å²) in [4.78, 5) is 30.0. The lowest BCUT2D eigenvalue weighted by molar-refractivity contribution is -0.121. The summed E-state index contributed by atoms with van der Waals surface area (Å²) in [5.74, 6) is -0.157. The van der Waals surface area contributed by atoms with Gasteiger partial charge in [-0.3, -0.25) is 14.2 Å². The molecule has 6 heteroatoms. The van der Waals surface area contributed by atoms with Gasteiger partial charge in [0.05, 0.1) is 11.7 Å². The molecule has 3 aromatic rings. The summed E-state index contributed by atoms with van der Waals surface area (Å²) in [6, 6.07) is 9.77. The number of nitrogens with zero attached hydrogens (tertiary/aromatic N) is 2. The summed E-state index contributed by atoms with van der Waals surface area (Å²) < 4.78 is 1.39. The van der Waals surface area contributed by atoms with E-state index >= 15 is 0 Å². The fraction of sp³-hybridized carbons (Fsp3) is 0.316. The van der Waals surface area contributed by atoms with E-state index in [1.807, 2.05) is 35.7 Å². The lowest BCUT2D eigenvalue weighted by atomic mass is 10.1. The quantitative estimate of drug-likeness (QED) is 0.661. The standard InChI is InChI=1S/C19H21N3O2S/c1-2-3-7-10-20-16(23)11-22-13-21-18-17(19(22)24)15(12-25-18)14-8-5-4-6-9-14/h4-6,8-9,12-13H,2-3,7,10-11H2,1H3,(H,20,23). The predicted octanol–water partition coefficient (Wildman–Crippen LogP) is 3.43. The number of hydrogen-bond donors (Lipinski definition) is 1. The Hall–Kier alpha value is -2.47. The van der Waals surface area contributed by atoms with E-state index in [1.165, 1.54) is 22.2 Å². The molecule has 2 aromatic heterocycles. The van der Waals surface area contributed by atoms with Gasteiger partial charge in [-0.1, -0.05) is 50.1 Å². The maximum Gasteiger partial charge on any atom is 0.263 e. The highest BCUT2D eigenvalue weighted by Gasteiger charge is 2.14. The number of fused-ring (bicyclic) bond motifs is 1. The van der Waals surface area contributed by atoms with Gasteiger partial charge in [0.25, 0.3) is 5.56 Å². The minimum absolute atomic E-state index is 0.00201. The number of hydrogen-bond acceptors (Lipinski definition) is 4. The number of carbonyl (C=O) groups is 1. The minimum Gasteiger partial charge on any atom is -0.355 e. The SMILES string of the molecule is CCCCCNC(=O)Cn1cnc2scc(-c3ccccc3)c2c1=O. The molecule has 0 aliphatic heterocycles. The smallest absolute Gasteiger partial charge is 0.263 e. The van der Waals surface area contributed by atoms with Gasteiger partial charge in [-0.15, -0.1) is 11.3 Å². The van der Waals surface area contributed by atoms with Crippen molar-refractivity contribution in [1.82, 2.24) is 14.9 Å². The van der Waals surface area contributed by atoms with E-state index < -0.39 is 0 Å². The van der Waals surface area contributed by atoms with Crippen molar-refractivity contribution in [3.05, 3.63) is 52.4 Å². The van der Waals surface area contributed by atoms with E-state index in [0.717, 1.165) is 30.4 Å². The third-order valence-electron chi connectivity index (χ3n) is 4.06. The highest BCUT2D eigenvalue weighted by molar-refractivity contribution is 7.17. The first-order chi connectivity index (χ1) is 12.2. The molecule has 2 heterocycles. The number of amides is 1. The minimum atomic E-state index is -0.172. The second-order valence-corrected chi connectivity index (χ2v) is 6.79. The number of thiophene rings is 1. The second-order valence-electron chi connectivity index (χ2n) is 5.93. The van der Waals surface area contributed by atoms with E-state index in [0.29, 0.717) is 16.8 Å². The van der Waals surface area contributed by atoms with Gasteiger partial charge in [-0.05, 0) is 12.0 Å². The Labute approximate surface area is 150 Å². The summed E-state index contributed by atoms with van der Waals surface area (Å²) in [5.41, 5.74) is 1.68. The molecule has 3 rings (SSSR count). The Bertz CT molecular complexity index is 915. The summed E-state index contributed by atoms with van der Waals surface area (Å²) in [7, 11) is 0. The first-order valence-corrected chi connectivity index (χ1v) is 9.37. The van der Waals surface area contributed by atoms with Crippen LogP contribution in [0.2, 0.25) is 0 Å². The zero-order valence-electron chi connectivity index (χ0n) is 14.2. The van der Waals surface area contributed by atoms with Crippen LogP contribution in [0.5, 0.6) is 0 Å². The highest BCUT2D eigenvalue weighted by atomic mass is 32.1. The molecule has 1 amide bonds. The maximum atomic E-state index is 12.8. The van der Waals surface area contributed by atoms with Crippen molar-refractivity contribution in [2.45, 2.75) is 32.7 Å². The molecule has 1 N–H and O–H groups in total. The first kappa shape index (κ1) is 17.4. The van der Waals surface area contributed by atoms with Crippen LogP contribution in [0.1, 0.15) is 26.2 Å². The van der Waals surface area contributed by atoms with E-state index in [1.54, 1.807) is 0 Å². The molecular formula is C19H21N3O2S. The Morgan fingerprint density at radius 3 is 2.80 bits per heavy atom. The van der Waals surface area contributed by atoms with Gasteiger partial charge in [0.15, 0.2) is 0 Å². The maximum absolute atomic E-state index is 12.8. The number of unbranched alkanes of at least 4 members (excludes halogenated alkanes) is 2. The fourth-order valence-electron chi connectivity index (χ4n) is 2.72. The zero-order valence-corrected chi connectivity index (χ0v) is 15.0. The third kappa shape index (κ3) is 3.96. The van der Waals surface area contributed by atoms with Crippen LogP contribution >= 0.6 is 11.3 Å². The number of benzene rings is 1. The highest BCUT2D eigenvalue weighted by Crippen LogP contribution is 2.30. The predicted molar refractivity (Wildman–Crippen MR) is 102 cm³/mol. The molecule has 0 aliphatic carbocycles. The van der Waals surface area contributed by atoms with Crippen LogP contribution in [-0.2, 0) is 11.3 Å². The van der Waals surface area contributed by atoms with E-state index in [4.69, 9.17) is 0 Å². The van der Waals surface area contributed by atoms with E-state index in [9.17, 15) is 9.59 Å². The lowest BCUT2D eigenvalue weighted by Crippen LogP contribution is -2.32. The zero-order chi connectivity index (χ0) is 17.6. The van der Waals surface area contributed by atoms with Crippen molar-refractivity contribution in [2.75, 3.05) is 6.54 Å². The van der Waals surface area contributed by atoms with E-state index in [2.05, 4.69) is 17.2 Å². The van der Waals surface area contributed by atoms with Gasteiger partial charge < -0.3 is 5.32 Å². The average Bonchev–Trinajstić information content (AvgIpc) is 3.07. The molecule has 0 saturated heterocycles. The second kappa shape index (κ2) is 8.07. The molecular weight excluding hydrogens is 334 g/mol. The lowest BCUT2D eigenvalue weighted by Gasteiger charge is -2.07. The van der Waals surface area contributed by atoms with Gasteiger partial charge in [-0.25, -0.2) is 4.98 Å². The molecule has 0 fully saturated rings. The van der Waals surface area contributed by atoms with Crippen LogP contribution in [0.15, 0.2) is 46.8 Å². The Morgan fingerprint density at radius 1 is 1.24 bits per heavy atom. The molecule has 130 valence electrons. The van der Waals surface area contributed by atoms with Gasteiger partial charge >= 0.3 is 0 Å². The fourth-order valence-corrected chi connectivity index (χ4v) is 3.63. The van der Waals surface area contributed by atoms with Gasteiger partial charge in [0, 0.05) is 17.5 Å². The Balaban J connectivity index is 1.85. The molecule has 0 bridgehead atoms. The van der Waals surface area contributed by atoms with Crippen molar-refractivity contribution in [3.8, 4) is 11.1 Å². The summed E-state index contributed by atoms with van der Waals surface area (Å²) >= 11 is 1.44. The Morgan fingerprint density at radius 2 is 2.04 bits per heavy atom. The molecule has 25 heavy (non-hydrogen) atoms. The van der Waals surface area contributed by atoms with Crippen LogP contribution < -0.4 is 10.9 Å². The van der Waals surface area contributed by atoms with Crippen LogP contribution in [0, 0.1) is 0 Å². The molecule has 0 atom stereocenters. The normalized spacial score (nSPS) is 10.9. The number of rotatable bonds is 7. The van der Waals surface area contributed by atoms with Crippen LogP contribution in [0.25, 0.3) is 21.3 Å². The number of carbonyl (C=O) groups excluding carboxylic acids is 1. The molecule has 0 spiro atoms. The van der Waals surface area contributed by atoms with Crippen molar-refractivity contribution < 1.29 is 4.79 Å². The average molecular weight is 355 g/mol. The van der Waals surface area contributed by atoms with Gasteiger partial charge in [0.2, 0.25) is 5.91 Å². The Kier molecular flexibility index (Phi) is 5.60. The summed E-state index contributed by atoms with van der Waals surface area (Å²) in [6.45, 7) is 2.76. The van der Waals surface area contributed by atoms with E-state index in [-0.39, 0.29) is 18.0 Å². The van der Waals surface area contributed by atoms with Crippen LogP contribution in [0.3, 0.4) is 0 Å².